The van der Waals surface area contributed by atoms with Gasteiger partial charge in [0.2, 0.25) is 6.29 Å². The second-order valence-corrected chi connectivity index (χ2v) is 2.43. The van der Waals surface area contributed by atoms with Crippen LogP contribution in [0.1, 0.15) is 6.92 Å². The summed E-state index contributed by atoms with van der Waals surface area (Å²) >= 11 is 0. The summed E-state index contributed by atoms with van der Waals surface area (Å²) < 4.78 is 10.4. The monoisotopic (exact) mass is 152 g/mol. The van der Waals surface area contributed by atoms with E-state index in [9.17, 15) is 0 Å². The minimum Gasteiger partial charge on any atom is -0.508 e. The van der Waals surface area contributed by atoms with Gasteiger partial charge in [-0.2, -0.15) is 0 Å². The first-order chi connectivity index (χ1) is 5.25. The van der Waals surface area contributed by atoms with E-state index < -0.39 is 0 Å². The van der Waals surface area contributed by atoms with E-state index in [0.29, 0.717) is 11.5 Å². The molecule has 1 N–H and O–H groups in total. The van der Waals surface area contributed by atoms with Crippen molar-refractivity contribution < 1.29 is 14.6 Å². The van der Waals surface area contributed by atoms with Gasteiger partial charge < -0.3 is 14.6 Å². The van der Waals surface area contributed by atoms with E-state index in [4.69, 9.17) is 14.6 Å². The van der Waals surface area contributed by atoms with E-state index in [-0.39, 0.29) is 12.0 Å². The van der Waals surface area contributed by atoms with Gasteiger partial charge in [0.05, 0.1) is 0 Å². The molecule has 1 aliphatic heterocycles. The highest BCUT2D eigenvalue weighted by atomic mass is 16.7. The van der Waals surface area contributed by atoms with Gasteiger partial charge in [0.1, 0.15) is 5.75 Å². The Morgan fingerprint density at radius 2 is 2.00 bits per heavy atom. The van der Waals surface area contributed by atoms with Crippen molar-refractivity contribution in [1.29, 1.82) is 0 Å². The fourth-order valence-electron chi connectivity index (χ4n) is 1.07. The third kappa shape index (κ3) is 0.981. The van der Waals surface area contributed by atoms with Crippen molar-refractivity contribution in [2.24, 2.45) is 0 Å². The third-order valence-corrected chi connectivity index (χ3v) is 1.51. The molecule has 0 bridgehead atoms. The average Bonchev–Trinajstić information content (AvgIpc) is 2.27. The Morgan fingerprint density at radius 3 is 2.82 bits per heavy atom. The zero-order chi connectivity index (χ0) is 7.84. The molecule has 1 aromatic rings. The molecule has 0 aromatic heterocycles. The third-order valence-electron chi connectivity index (χ3n) is 1.51. The molecule has 0 aliphatic carbocycles. The van der Waals surface area contributed by atoms with Crippen LogP contribution < -0.4 is 9.47 Å². The Hall–Kier alpha value is -1.38. The molecule has 0 saturated carbocycles. The van der Waals surface area contributed by atoms with Crippen molar-refractivity contribution in [2.45, 2.75) is 13.2 Å². The number of fused-ring (bicyclic) bond motifs is 1. The zero-order valence-corrected chi connectivity index (χ0v) is 6.07. The van der Waals surface area contributed by atoms with Crippen molar-refractivity contribution in [1.82, 2.24) is 0 Å². The first kappa shape index (κ1) is 6.34. The van der Waals surface area contributed by atoms with Crippen molar-refractivity contribution in [3.63, 3.8) is 0 Å². The molecular weight excluding hydrogens is 144 g/mol. The van der Waals surface area contributed by atoms with Crippen LogP contribution in [0.2, 0.25) is 0 Å². The number of phenols is 1. The van der Waals surface area contributed by atoms with Gasteiger partial charge >= 0.3 is 0 Å². The van der Waals surface area contributed by atoms with Crippen LogP contribution in [0.25, 0.3) is 0 Å². The van der Waals surface area contributed by atoms with Crippen LogP contribution in [0.4, 0.5) is 0 Å². The molecule has 0 unspecified atom stereocenters. The number of benzene rings is 1. The maximum atomic E-state index is 9.05. The predicted molar refractivity (Wildman–Crippen MR) is 38.8 cm³/mol. The summed E-state index contributed by atoms with van der Waals surface area (Å²) in [4.78, 5) is 0. The van der Waals surface area contributed by atoms with E-state index in [1.807, 2.05) is 0 Å². The van der Waals surface area contributed by atoms with Gasteiger partial charge in [-0.3, -0.25) is 0 Å². The van der Waals surface area contributed by atoms with Gasteiger partial charge in [0, 0.05) is 13.0 Å². The minimum absolute atomic E-state index is 0.196. The van der Waals surface area contributed by atoms with E-state index >= 15 is 0 Å². The summed E-state index contributed by atoms with van der Waals surface area (Å²) in [6.07, 6.45) is -0.244. The molecule has 0 spiro atoms. The van der Waals surface area contributed by atoms with Gasteiger partial charge in [0.15, 0.2) is 11.5 Å². The maximum absolute atomic E-state index is 9.05. The second kappa shape index (κ2) is 2.05. The molecule has 0 saturated heterocycles. The summed E-state index contributed by atoms with van der Waals surface area (Å²) in [5.41, 5.74) is 0. The Kier molecular flexibility index (Phi) is 1.18. The Balaban J connectivity index is 2.43. The number of aromatic hydroxyl groups is 1. The molecule has 3 heteroatoms. The van der Waals surface area contributed by atoms with Gasteiger partial charge in [-0.15, -0.1) is 0 Å². The quantitative estimate of drug-likeness (QED) is 0.612. The lowest BCUT2D eigenvalue weighted by molar-refractivity contribution is 0.0678. The minimum atomic E-state index is -0.244. The molecule has 0 amide bonds. The van der Waals surface area contributed by atoms with Crippen molar-refractivity contribution in [2.75, 3.05) is 0 Å². The van der Waals surface area contributed by atoms with Crippen LogP contribution >= 0.6 is 0 Å². The topological polar surface area (TPSA) is 38.7 Å². The molecule has 1 atom stereocenters. The highest BCUT2D eigenvalue weighted by molar-refractivity contribution is 5.46. The molecule has 0 fully saturated rings. The van der Waals surface area contributed by atoms with E-state index in [0.717, 1.165) is 0 Å². The van der Waals surface area contributed by atoms with E-state index in [2.05, 4.69) is 0 Å². The molecule has 0 radical (unpaired) electrons. The predicted octanol–water partition coefficient (Wildman–Crippen LogP) is 1.51. The summed E-state index contributed by atoms with van der Waals surface area (Å²) in [6.45, 7) is 1.80. The van der Waals surface area contributed by atoms with Crippen molar-refractivity contribution in [3.8, 4) is 17.2 Å². The van der Waals surface area contributed by atoms with Gasteiger partial charge in [-0.1, -0.05) is 0 Å². The molecule has 2 rings (SSSR count). The van der Waals surface area contributed by atoms with Gasteiger partial charge in [-0.25, -0.2) is 0 Å². The number of phenolic OH excluding ortho intramolecular Hbond substituents is 1. The molecule has 1 aromatic carbocycles. The Bertz CT molecular complexity index is 283. The number of rotatable bonds is 0. The first-order valence-electron chi connectivity index (χ1n) is 3.42. The summed E-state index contributed by atoms with van der Waals surface area (Å²) in [5.74, 6) is 1.49. The molecule has 1 heterocycles. The van der Waals surface area contributed by atoms with Crippen molar-refractivity contribution >= 4 is 0 Å². The lowest BCUT2D eigenvalue weighted by atomic mass is 10.3. The van der Waals surface area contributed by atoms with Crippen LogP contribution in [0, 0.1) is 0 Å². The average molecular weight is 152 g/mol. The van der Waals surface area contributed by atoms with Crippen LogP contribution in [0.15, 0.2) is 18.2 Å². The SMILES string of the molecule is C[C@H]1Oc2ccc(O)cc2O1. The van der Waals surface area contributed by atoms with Crippen LogP contribution in [-0.2, 0) is 0 Å². The summed E-state index contributed by atoms with van der Waals surface area (Å²) in [6, 6.07) is 4.80. The second-order valence-electron chi connectivity index (χ2n) is 2.43. The fraction of sp³-hybridized carbons (Fsp3) is 0.250. The number of ether oxygens (including phenoxy) is 2. The van der Waals surface area contributed by atoms with E-state index in [1.54, 1.807) is 25.1 Å². The van der Waals surface area contributed by atoms with Gasteiger partial charge in [0.25, 0.3) is 0 Å². The van der Waals surface area contributed by atoms with Gasteiger partial charge in [-0.05, 0) is 12.1 Å². The lowest BCUT2D eigenvalue weighted by Gasteiger charge is -1.99. The maximum Gasteiger partial charge on any atom is 0.238 e. The highest BCUT2D eigenvalue weighted by Gasteiger charge is 2.19. The largest absolute Gasteiger partial charge is 0.508 e. The Morgan fingerprint density at radius 1 is 1.27 bits per heavy atom. The highest BCUT2D eigenvalue weighted by Crippen LogP contribution is 2.36. The Labute approximate surface area is 64.2 Å². The fourth-order valence-corrected chi connectivity index (χ4v) is 1.07. The normalized spacial score (nSPS) is 20.3. The zero-order valence-electron chi connectivity index (χ0n) is 6.07. The molecule has 58 valence electrons. The van der Waals surface area contributed by atoms with E-state index in [1.165, 1.54) is 0 Å². The van der Waals surface area contributed by atoms with Crippen LogP contribution in [-0.4, -0.2) is 11.4 Å². The molecule has 1 aliphatic rings. The smallest absolute Gasteiger partial charge is 0.238 e. The molecule has 3 nitrogen and oxygen atoms in total. The van der Waals surface area contributed by atoms with Crippen molar-refractivity contribution in [3.05, 3.63) is 18.2 Å². The number of hydrogen-bond acceptors (Lipinski definition) is 3. The summed E-state index contributed by atoms with van der Waals surface area (Å²) in [7, 11) is 0. The van der Waals surface area contributed by atoms with Crippen LogP contribution in [0.5, 0.6) is 17.2 Å². The lowest BCUT2D eigenvalue weighted by Crippen LogP contribution is -2.11. The summed E-state index contributed by atoms with van der Waals surface area (Å²) in [5, 5.41) is 9.05. The molecule has 11 heavy (non-hydrogen) atoms. The van der Waals surface area contributed by atoms with Crippen LogP contribution in [0.3, 0.4) is 0 Å². The first-order valence-corrected chi connectivity index (χ1v) is 3.42. The standard InChI is InChI=1S/C8H8O3/c1-5-10-7-3-2-6(9)4-8(7)11-5/h2-5,9H,1H3/t5-/m0/s1. The number of hydrogen-bond donors (Lipinski definition) is 1. The molecular formula is C8H8O3.